The summed E-state index contributed by atoms with van der Waals surface area (Å²) in [5.41, 5.74) is 5.63. The van der Waals surface area contributed by atoms with Gasteiger partial charge in [0.15, 0.2) is 0 Å². The fourth-order valence-electron chi connectivity index (χ4n) is 1.39. The molecular weight excluding hydrogens is 244 g/mol. The highest BCUT2D eigenvalue weighted by atomic mass is 19.3. The van der Waals surface area contributed by atoms with Gasteiger partial charge in [0, 0.05) is 13.1 Å². The van der Waals surface area contributed by atoms with Crippen LogP contribution in [0.3, 0.4) is 0 Å². The fourth-order valence-corrected chi connectivity index (χ4v) is 1.39. The number of likely N-dealkylation sites (N-methyl/N-ethyl adjacent to an activating group) is 1. The first kappa shape index (κ1) is 14.4. The SMILES string of the molecule is CN(C)CCNC(=O)c1c(N)cnn1CC(F)F. The van der Waals surface area contributed by atoms with Crippen molar-refractivity contribution in [2.45, 2.75) is 13.0 Å². The summed E-state index contributed by atoms with van der Waals surface area (Å²) in [5, 5.41) is 6.27. The first-order valence-corrected chi connectivity index (χ1v) is 5.44. The molecule has 102 valence electrons. The number of nitrogens with two attached hydrogens (primary N) is 1. The van der Waals surface area contributed by atoms with Crippen LogP contribution in [0, 0.1) is 0 Å². The second-order valence-corrected chi connectivity index (χ2v) is 4.08. The van der Waals surface area contributed by atoms with Gasteiger partial charge < -0.3 is 16.0 Å². The number of hydrogen-bond acceptors (Lipinski definition) is 4. The molecule has 0 aliphatic heterocycles. The number of carbonyl (C=O) groups excluding carboxylic acids is 1. The lowest BCUT2D eigenvalue weighted by Gasteiger charge is -2.11. The van der Waals surface area contributed by atoms with Crippen molar-refractivity contribution in [1.82, 2.24) is 20.0 Å². The summed E-state index contributed by atoms with van der Waals surface area (Å²) in [4.78, 5) is 13.7. The summed E-state index contributed by atoms with van der Waals surface area (Å²) in [5.74, 6) is -0.493. The lowest BCUT2D eigenvalue weighted by molar-refractivity contribution is 0.0922. The summed E-state index contributed by atoms with van der Waals surface area (Å²) in [7, 11) is 3.73. The lowest BCUT2D eigenvalue weighted by atomic mass is 10.3. The zero-order chi connectivity index (χ0) is 13.7. The molecule has 0 atom stereocenters. The van der Waals surface area contributed by atoms with Crippen molar-refractivity contribution in [3.05, 3.63) is 11.9 Å². The third kappa shape index (κ3) is 3.95. The van der Waals surface area contributed by atoms with Crippen molar-refractivity contribution in [3.8, 4) is 0 Å². The molecule has 1 amide bonds. The van der Waals surface area contributed by atoms with E-state index in [0.717, 1.165) is 4.68 Å². The summed E-state index contributed by atoms with van der Waals surface area (Å²) in [6.07, 6.45) is -1.39. The van der Waals surface area contributed by atoms with Crippen molar-refractivity contribution in [2.24, 2.45) is 0 Å². The molecule has 0 aromatic carbocycles. The molecule has 1 aromatic heterocycles. The maximum atomic E-state index is 12.3. The number of alkyl halides is 2. The Bertz CT molecular complexity index is 405. The van der Waals surface area contributed by atoms with Gasteiger partial charge in [0.2, 0.25) is 0 Å². The number of carbonyl (C=O) groups is 1. The number of nitrogens with one attached hydrogen (secondary N) is 1. The maximum absolute atomic E-state index is 12.3. The first-order chi connectivity index (χ1) is 8.41. The van der Waals surface area contributed by atoms with Gasteiger partial charge in [-0.25, -0.2) is 8.78 Å². The minimum Gasteiger partial charge on any atom is -0.396 e. The van der Waals surface area contributed by atoms with E-state index < -0.39 is 18.9 Å². The van der Waals surface area contributed by atoms with E-state index in [0.29, 0.717) is 13.1 Å². The van der Waals surface area contributed by atoms with E-state index in [4.69, 9.17) is 5.73 Å². The molecule has 0 unspecified atom stereocenters. The van der Waals surface area contributed by atoms with E-state index in [1.54, 1.807) is 0 Å². The Morgan fingerprint density at radius 2 is 2.28 bits per heavy atom. The smallest absolute Gasteiger partial charge is 0.271 e. The topological polar surface area (TPSA) is 76.2 Å². The van der Waals surface area contributed by atoms with Gasteiger partial charge in [-0.05, 0) is 14.1 Å². The first-order valence-electron chi connectivity index (χ1n) is 5.44. The van der Waals surface area contributed by atoms with E-state index >= 15 is 0 Å². The molecule has 1 heterocycles. The summed E-state index contributed by atoms with van der Waals surface area (Å²) >= 11 is 0. The van der Waals surface area contributed by atoms with Crippen LogP contribution in [0.2, 0.25) is 0 Å². The van der Waals surface area contributed by atoms with Crippen LogP contribution in [-0.4, -0.2) is 54.2 Å². The molecule has 8 heteroatoms. The van der Waals surface area contributed by atoms with Crippen LogP contribution in [0.15, 0.2) is 6.20 Å². The summed E-state index contributed by atoms with van der Waals surface area (Å²) in [6, 6.07) is 0. The Hall–Kier alpha value is -1.70. The molecule has 0 saturated heterocycles. The number of aromatic nitrogens is 2. The van der Waals surface area contributed by atoms with Gasteiger partial charge in [0.05, 0.1) is 11.9 Å². The number of amides is 1. The normalized spacial score (nSPS) is 11.2. The number of nitrogens with zero attached hydrogens (tertiary/aromatic N) is 3. The zero-order valence-electron chi connectivity index (χ0n) is 10.4. The highest BCUT2D eigenvalue weighted by Gasteiger charge is 2.18. The minimum atomic E-state index is -2.59. The van der Waals surface area contributed by atoms with Gasteiger partial charge in [-0.15, -0.1) is 0 Å². The van der Waals surface area contributed by atoms with Crippen LogP contribution in [0.5, 0.6) is 0 Å². The van der Waals surface area contributed by atoms with Gasteiger partial charge in [-0.2, -0.15) is 5.10 Å². The van der Waals surface area contributed by atoms with Gasteiger partial charge in [0.1, 0.15) is 12.2 Å². The van der Waals surface area contributed by atoms with Crippen molar-refractivity contribution >= 4 is 11.6 Å². The standard InChI is InChI=1S/C10H17F2N5O/c1-16(2)4-3-14-10(18)9-7(13)5-15-17(9)6-8(11)12/h5,8H,3-4,6,13H2,1-2H3,(H,14,18). The minimum absolute atomic E-state index is 0.0194. The number of rotatable bonds is 6. The van der Waals surface area contributed by atoms with Gasteiger partial charge in [-0.3, -0.25) is 9.48 Å². The Labute approximate surface area is 104 Å². The Morgan fingerprint density at radius 3 is 2.83 bits per heavy atom. The van der Waals surface area contributed by atoms with E-state index in [-0.39, 0.29) is 11.4 Å². The number of nitrogen functional groups attached to an aromatic ring is 1. The average molecular weight is 261 g/mol. The van der Waals surface area contributed by atoms with Gasteiger partial charge in [0.25, 0.3) is 12.3 Å². The van der Waals surface area contributed by atoms with Crippen LogP contribution in [0.1, 0.15) is 10.5 Å². The zero-order valence-corrected chi connectivity index (χ0v) is 10.4. The lowest BCUT2D eigenvalue weighted by Crippen LogP contribution is -2.33. The van der Waals surface area contributed by atoms with Crippen LogP contribution >= 0.6 is 0 Å². The number of halogens is 2. The molecule has 0 saturated carbocycles. The Morgan fingerprint density at radius 1 is 1.61 bits per heavy atom. The molecule has 0 bridgehead atoms. The monoisotopic (exact) mass is 261 g/mol. The molecule has 1 aromatic rings. The highest BCUT2D eigenvalue weighted by Crippen LogP contribution is 2.12. The molecular formula is C10H17F2N5O. The van der Waals surface area contributed by atoms with Crippen LogP contribution in [0.4, 0.5) is 14.5 Å². The highest BCUT2D eigenvalue weighted by molar-refractivity contribution is 5.97. The number of anilines is 1. The van der Waals surface area contributed by atoms with Crippen molar-refractivity contribution in [3.63, 3.8) is 0 Å². The van der Waals surface area contributed by atoms with Gasteiger partial charge in [-0.1, -0.05) is 0 Å². The quantitative estimate of drug-likeness (QED) is 0.757. The van der Waals surface area contributed by atoms with E-state index in [2.05, 4.69) is 10.4 Å². The molecule has 0 aliphatic rings. The van der Waals surface area contributed by atoms with Gasteiger partial charge >= 0.3 is 0 Å². The van der Waals surface area contributed by atoms with Crippen LogP contribution in [0.25, 0.3) is 0 Å². The summed E-state index contributed by atoms with van der Waals surface area (Å²) in [6.45, 7) is 0.410. The molecule has 1 rings (SSSR count). The van der Waals surface area contributed by atoms with Crippen LogP contribution in [-0.2, 0) is 6.54 Å². The maximum Gasteiger partial charge on any atom is 0.271 e. The molecule has 3 N–H and O–H groups in total. The molecule has 0 fully saturated rings. The molecule has 0 aliphatic carbocycles. The predicted molar refractivity (Wildman–Crippen MR) is 63.5 cm³/mol. The molecule has 0 radical (unpaired) electrons. The largest absolute Gasteiger partial charge is 0.396 e. The van der Waals surface area contributed by atoms with Crippen LogP contribution < -0.4 is 11.1 Å². The molecule has 0 spiro atoms. The van der Waals surface area contributed by atoms with Crippen molar-refractivity contribution in [1.29, 1.82) is 0 Å². The van der Waals surface area contributed by atoms with Crippen molar-refractivity contribution < 1.29 is 13.6 Å². The predicted octanol–water partition coefficient (Wildman–Crippen LogP) is 0.0218. The fraction of sp³-hybridized carbons (Fsp3) is 0.600. The Kier molecular flexibility index (Phi) is 5.02. The molecule has 18 heavy (non-hydrogen) atoms. The Balaban J connectivity index is 2.69. The second kappa shape index (κ2) is 6.29. The molecule has 6 nitrogen and oxygen atoms in total. The number of hydrogen-bond donors (Lipinski definition) is 2. The summed E-state index contributed by atoms with van der Waals surface area (Å²) < 4.78 is 25.5. The van der Waals surface area contributed by atoms with E-state index in [1.165, 1.54) is 6.20 Å². The van der Waals surface area contributed by atoms with E-state index in [1.807, 2.05) is 19.0 Å². The second-order valence-electron chi connectivity index (χ2n) is 4.08. The van der Waals surface area contributed by atoms with Crippen molar-refractivity contribution in [2.75, 3.05) is 32.9 Å². The third-order valence-corrected chi connectivity index (χ3v) is 2.24. The third-order valence-electron chi connectivity index (χ3n) is 2.24. The van der Waals surface area contributed by atoms with E-state index in [9.17, 15) is 13.6 Å². The average Bonchev–Trinajstić information content (AvgIpc) is 2.58.